The molecule has 2 heterocycles. The lowest BCUT2D eigenvalue weighted by atomic mass is 9.99. The summed E-state index contributed by atoms with van der Waals surface area (Å²) in [5.41, 5.74) is 2.46. The highest BCUT2D eigenvalue weighted by molar-refractivity contribution is 5.95. The van der Waals surface area contributed by atoms with Crippen LogP contribution in [0.25, 0.3) is 0 Å². The van der Waals surface area contributed by atoms with E-state index in [0.29, 0.717) is 18.7 Å². The second-order valence-electron chi connectivity index (χ2n) is 6.42. The average molecular weight is 327 g/mol. The first-order valence-electron chi connectivity index (χ1n) is 8.05. The Bertz CT molecular complexity index is 754. The Kier molecular flexibility index (Phi) is 4.38. The van der Waals surface area contributed by atoms with Crippen LogP contribution in [0.3, 0.4) is 0 Å². The quantitative estimate of drug-likeness (QED) is 0.932. The third kappa shape index (κ3) is 3.04. The molecule has 1 aromatic carbocycles. The van der Waals surface area contributed by atoms with Gasteiger partial charge >= 0.3 is 5.97 Å². The smallest absolute Gasteiger partial charge is 0.308 e. The molecule has 24 heavy (non-hydrogen) atoms. The van der Waals surface area contributed by atoms with Gasteiger partial charge in [0.25, 0.3) is 5.91 Å². The van der Waals surface area contributed by atoms with E-state index in [2.05, 4.69) is 5.10 Å². The van der Waals surface area contributed by atoms with Gasteiger partial charge in [-0.25, -0.2) is 0 Å². The first kappa shape index (κ1) is 16.2. The van der Waals surface area contributed by atoms with E-state index < -0.39 is 11.9 Å². The maximum atomic E-state index is 12.7. The molecule has 1 amide bonds. The number of carbonyl (C=O) groups excluding carboxylic acids is 1. The van der Waals surface area contributed by atoms with Crippen molar-refractivity contribution in [1.29, 1.82) is 0 Å². The molecule has 1 aromatic heterocycles. The molecule has 0 spiro atoms. The highest BCUT2D eigenvalue weighted by Gasteiger charge is 2.37. The molecule has 1 aliphatic rings. The Balaban J connectivity index is 1.76. The van der Waals surface area contributed by atoms with Crippen molar-refractivity contribution >= 4 is 11.9 Å². The average Bonchev–Trinajstić information content (AvgIpc) is 3.12. The minimum atomic E-state index is -0.839. The second kappa shape index (κ2) is 6.47. The van der Waals surface area contributed by atoms with Crippen molar-refractivity contribution in [3.8, 4) is 0 Å². The topological polar surface area (TPSA) is 75.4 Å². The Morgan fingerprint density at radius 1 is 1.25 bits per heavy atom. The zero-order valence-electron chi connectivity index (χ0n) is 13.8. The van der Waals surface area contributed by atoms with Crippen LogP contribution in [-0.2, 0) is 11.3 Å². The molecule has 0 radical (unpaired) electrons. The van der Waals surface area contributed by atoms with Crippen LogP contribution in [0.5, 0.6) is 0 Å². The molecule has 126 valence electrons. The van der Waals surface area contributed by atoms with Crippen LogP contribution in [0.2, 0.25) is 0 Å². The SMILES string of the molecule is Cc1c(C(=O)N2C[C@@H](C)[C@H](C(=O)O)C2)cnn1Cc1ccccc1. The van der Waals surface area contributed by atoms with Gasteiger partial charge in [0.1, 0.15) is 0 Å². The largest absolute Gasteiger partial charge is 0.481 e. The van der Waals surface area contributed by atoms with Gasteiger partial charge in [-0.05, 0) is 18.4 Å². The van der Waals surface area contributed by atoms with Gasteiger partial charge < -0.3 is 10.0 Å². The number of nitrogens with zero attached hydrogens (tertiary/aromatic N) is 3. The van der Waals surface area contributed by atoms with Gasteiger partial charge in [-0.3, -0.25) is 14.3 Å². The third-order valence-corrected chi connectivity index (χ3v) is 4.73. The van der Waals surface area contributed by atoms with E-state index >= 15 is 0 Å². The number of amides is 1. The minimum Gasteiger partial charge on any atom is -0.481 e. The molecule has 0 unspecified atom stereocenters. The first-order chi connectivity index (χ1) is 11.5. The van der Waals surface area contributed by atoms with Crippen molar-refractivity contribution < 1.29 is 14.7 Å². The molecule has 2 aromatic rings. The maximum absolute atomic E-state index is 12.7. The Morgan fingerprint density at radius 2 is 1.96 bits per heavy atom. The number of carboxylic acids is 1. The van der Waals surface area contributed by atoms with Crippen molar-refractivity contribution in [1.82, 2.24) is 14.7 Å². The van der Waals surface area contributed by atoms with Crippen LogP contribution >= 0.6 is 0 Å². The van der Waals surface area contributed by atoms with Crippen molar-refractivity contribution in [3.63, 3.8) is 0 Å². The summed E-state index contributed by atoms with van der Waals surface area (Å²) >= 11 is 0. The van der Waals surface area contributed by atoms with E-state index in [9.17, 15) is 14.7 Å². The van der Waals surface area contributed by atoms with Gasteiger partial charge in [0.15, 0.2) is 0 Å². The van der Waals surface area contributed by atoms with Gasteiger partial charge in [-0.2, -0.15) is 5.10 Å². The lowest BCUT2D eigenvalue weighted by Gasteiger charge is -2.15. The highest BCUT2D eigenvalue weighted by Crippen LogP contribution is 2.25. The number of hydrogen-bond acceptors (Lipinski definition) is 3. The highest BCUT2D eigenvalue weighted by atomic mass is 16.4. The summed E-state index contributed by atoms with van der Waals surface area (Å²) < 4.78 is 1.80. The molecule has 6 nitrogen and oxygen atoms in total. The Morgan fingerprint density at radius 3 is 2.58 bits per heavy atom. The third-order valence-electron chi connectivity index (χ3n) is 4.73. The fraction of sp³-hybridized carbons (Fsp3) is 0.389. The Labute approximate surface area is 140 Å². The monoisotopic (exact) mass is 327 g/mol. The van der Waals surface area contributed by atoms with E-state index in [1.165, 1.54) is 0 Å². The minimum absolute atomic E-state index is 0.0360. The molecule has 3 rings (SSSR count). The molecular weight excluding hydrogens is 306 g/mol. The van der Waals surface area contributed by atoms with E-state index in [1.807, 2.05) is 44.2 Å². The molecule has 1 saturated heterocycles. The maximum Gasteiger partial charge on any atom is 0.308 e. The van der Waals surface area contributed by atoms with Gasteiger partial charge in [-0.15, -0.1) is 0 Å². The van der Waals surface area contributed by atoms with E-state index in [0.717, 1.165) is 11.3 Å². The summed E-state index contributed by atoms with van der Waals surface area (Å²) in [5.74, 6) is -1.50. The molecule has 0 bridgehead atoms. The summed E-state index contributed by atoms with van der Waals surface area (Å²) in [5, 5.41) is 13.6. The summed E-state index contributed by atoms with van der Waals surface area (Å²) in [6, 6.07) is 9.93. The van der Waals surface area contributed by atoms with Crippen LogP contribution in [-0.4, -0.2) is 44.8 Å². The fourth-order valence-electron chi connectivity index (χ4n) is 3.20. The molecule has 0 saturated carbocycles. The van der Waals surface area contributed by atoms with Crippen LogP contribution in [0.1, 0.15) is 28.5 Å². The number of likely N-dealkylation sites (tertiary alicyclic amines) is 1. The molecule has 1 fully saturated rings. The molecule has 1 aliphatic heterocycles. The zero-order chi connectivity index (χ0) is 17.3. The number of carboxylic acid groups (broad SMARTS) is 1. The summed E-state index contributed by atoms with van der Waals surface area (Å²) in [6.45, 7) is 5.08. The summed E-state index contributed by atoms with van der Waals surface area (Å²) in [7, 11) is 0. The lowest BCUT2D eigenvalue weighted by Crippen LogP contribution is -2.30. The van der Waals surface area contributed by atoms with Crippen LogP contribution in [0, 0.1) is 18.8 Å². The number of rotatable bonds is 4. The molecule has 1 N–H and O–H groups in total. The van der Waals surface area contributed by atoms with Gasteiger partial charge in [0.05, 0.1) is 24.2 Å². The predicted molar refractivity (Wildman–Crippen MR) is 88.7 cm³/mol. The number of aromatic nitrogens is 2. The van der Waals surface area contributed by atoms with Crippen LogP contribution in [0.15, 0.2) is 36.5 Å². The summed E-state index contributed by atoms with van der Waals surface area (Å²) in [6.07, 6.45) is 1.58. The molecule has 6 heteroatoms. The zero-order valence-corrected chi connectivity index (χ0v) is 13.8. The number of hydrogen-bond donors (Lipinski definition) is 1. The lowest BCUT2D eigenvalue weighted by molar-refractivity contribution is -0.142. The van der Waals surface area contributed by atoms with Crippen LogP contribution in [0.4, 0.5) is 0 Å². The number of aliphatic carboxylic acids is 1. The van der Waals surface area contributed by atoms with Crippen molar-refractivity contribution in [2.24, 2.45) is 11.8 Å². The first-order valence-corrected chi connectivity index (χ1v) is 8.05. The van der Waals surface area contributed by atoms with E-state index in [4.69, 9.17) is 0 Å². The number of benzene rings is 1. The Hall–Kier alpha value is -2.63. The predicted octanol–water partition coefficient (Wildman–Crippen LogP) is 2.03. The standard InChI is InChI=1S/C18H21N3O3/c1-12-9-20(11-16(12)18(23)24)17(22)15-8-19-21(13(15)2)10-14-6-4-3-5-7-14/h3-8,12,16H,9-11H2,1-2H3,(H,23,24)/t12-,16-/m1/s1. The van der Waals surface area contributed by atoms with E-state index in [1.54, 1.807) is 15.8 Å². The molecule has 2 atom stereocenters. The second-order valence-corrected chi connectivity index (χ2v) is 6.42. The van der Waals surface area contributed by atoms with Gasteiger partial charge in [-0.1, -0.05) is 37.3 Å². The normalized spacial score (nSPS) is 20.3. The van der Waals surface area contributed by atoms with Gasteiger partial charge in [0, 0.05) is 18.8 Å². The molecule has 0 aliphatic carbocycles. The van der Waals surface area contributed by atoms with Crippen molar-refractivity contribution in [2.45, 2.75) is 20.4 Å². The van der Waals surface area contributed by atoms with E-state index in [-0.39, 0.29) is 18.4 Å². The summed E-state index contributed by atoms with van der Waals surface area (Å²) in [4.78, 5) is 25.6. The van der Waals surface area contributed by atoms with Crippen molar-refractivity contribution in [2.75, 3.05) is 13.1 Å². The van der Waals surface area contributed by atoms with Gasteiger partial charge in [0.2, 0.25) is 0 Å². The van der Waals surface area contributed by atoms with Crippen LogP contribution < -0.4 is 0 Å². The molecular formula is C18H21N3O3. The fourth-order valence-corrected chi connectivity index (χ4v) is 3.20. The van der Waals surface area contributed by atoms with Crippen molar-refractivity contribution in [3.05, 3.63) is 53.3 Å². The number of carbonyl (C=O) groups is 2.